The fourth-order valence-electron chi connectivity index (χ4n) is 1.86. The van der Waals surface area contributed by atoms with Crippen LogP contribution in [0, 0.1) is 5.92 Å². The van der Waals surface area contributed by atoms with Gasteiger partial charge in [-0.1, -0.05) is 37.3 Å². The van der Waals surface area contributed by atoms with Crippen LogP contribution in [0.25, 0.3) is 0 Å². The van der Waals surface area contributed by atoms with Crippen molar-refractivity contribution in [1.29, 1.82) is 0 Å². The molecule has 17 heavy (non-hydrogen) atoms. The highest BCUT2D eigenvalue weighted by molar-refractivity contribution is 5.17. The molecule has 94 valence electrons. The Morgan fingerprint density at radius 3 is 2.35 bits per heavy atom. The minimum Gasteiger partial charge on any atom is -0.396 e. The first-order chi connectivity index (χ1) is 8.19. The Morgan fingerprint density at radius 1 is 1.24 bits per heavy atom. The van der Waals surface area contributed by atoms with Gasteiger partial charge in [0.15, 0.2) is 0 Å². The molecule has 1 N–H and O–H groups in total. The van der Waals surface area contributed by atoms with Gasteiger partial charge in [-0.2, -0.15) is 8.78 Å². The van der Waals surface area contributed by atoms with Crippen LogP contribution < -0.4 is 0 Å². The third-order valence-corrected chi connectivity index (χ3v) is 2.97. The van der Waals surface area contributed by atoms with Gasteiger partial charge in [0, 0.05) is 18.1 Å². The van der Waals surface area contributed by atoms with Crippen LogP contribution in [0.4, 0.5) is 8.78 Å². The topological polar surface area (TPSA) is 20.2 Å². The molecular formula is C14H18F2O. The van der Waals surface area contributed by atoms with E-state index in [4.69, 9.17) is 5.11 Å². The van der Waals surface area contributed by atoms with Gasteiger partial charge in [0.2, 0.25) is 0 Å². The maximum absolute atomic E-state index is 12.8. The molecule has 1 aromatic rings. The van der Waals surface area contributed by atoms with Gasteiger partial charge in [-0.15, -0.1) is 0 Å². The van der Waals surface area contributed by atoms with E-state index in [1.165, 1.54) is 0 Å². The van der Waals surface area contributed by atoms with Crippen LogP contribution in [0.15, 0.2) is 42.0 Å². The minimum atomic E-state index is -1.64. The highest BCUT2D eigenvalue weighted by Gasteiger charge is 2.16. The van der Waals surface area contributed by atoms with E-state index >= 15 is 0 Å². The summed E-state index contributed by atoms with van der Waals surface area (Å²) < 4.78 is 25.6. The maximum Gasteiger partial charge on any atom is 0.269 e. The number of halogens is 2. The fraction of sp³-hybridized carbons (Fsp3) is 0.429. The lowest BCUT2D eigenvalue weighted by molar-refractivity contribution is 0.232. The van der Waals surface area contributed by atoms with E-state index in [2.05, 4.69) is 0 Å². The third kappa shape index (κ3) is 4.27. The van der Waals surface area contributed by atoms with Gasteiger partial charge in [-0.05, 0) is 24.8 Å². The summed E-state index contributed by atoms with van der Waals surface area (Å²) in [6.45, 7) is 1.60. The van der Waals surface area contributed by atoms with Crippen molar-refractivity contribution >= 4 is 0 Å². The largest absolute Gasteiger partial charge is 0.396 e. The molecule has 1 aromatic carbocycles. The molecular weight excluding hydrogens is 222 g/mol. The SMILES string of the molecule is CC[C@@H](CO)C(CCc1ccccc1)=C(F)F. The molecule has 1 nitrogen and oxygen atoms in total. The summed E-state index contributed by atoms with van der Waals surface area (Å²) in [6, 6.07) is 9.54. The molecule has 0 bridgehead atoms. The van der Waals surface area contributed by atoms with Crippen LogP contribution in [-0.2, 0) is 6.42 Å². The highest BCUT2D eigenvalue weighted by Crippen LogP contribution is 2.25. The lowest BCUT2D eigenvalue weighted by atomic mass is 9.93. The Bertz CT molecular complexity index is 352. The van der Waals surface area contributed by atoms with Gasteiger partial charge in [0.05, 0.1) is 0 Å². The van der Waals surface area contributed by atoms with E-state index in [1.807, 2.05) is 37.3 Å². The molecule has 0 fully saturated rings. The molecule has 0 saturated carbocycles. The van der Waals surface area contributed by atoms with Crippen LogP contribution >= 0.6 is 0 Å². The fourth-order valence-corrected chi connectivity index (χ4v) is 1.86. The predicted molar refractivity (Wildman–Crippen MR) is 64.9 cm³/mol. The average Bonchev–Trinajstić information content (AvgIpc) is 2.35. The zero-order valence-corrected chi connectivity index (χ0v) is 10.00. The molecule has 0 aliphatic rings. The summed E-state index contributed by atoms with van der Waals surface area (Å²) in [4.78, 5) is 0. The Kier molecular flexibility index (Phi) is 5.84. The predicted octanol–water partition coefficient (Wildman–Crippen LogP) is 3.79. The quantitative estimate of drug-likeness (QED) is 0.802. The molecule has 0 saturated heterocycles. The van der Waals surface area contributed by atoms with E-state index in [-0.39, 0.29) is 12.2 Å². The van der Waals surface area contributed by atoms with E-state index in [0.29, 0.717) is 19.3 Å². The van der Waals surface area contributed by atoms with Crippen molar-refractivity contribution < 1.29 is 13.9 Å². The van der Waals surface area contributed by atoms with E-state index < -0.39 is 12.0 Å². The second-order valence-electron chi connectivity index (χ2n) is 4.06. The lowest BCUT2D eigenvalue weighted by Crippen LogP contribution is -2.10. The Hall–Kier alpha value is -1.22. The zero-order valence-electron chi connectivity index (χ0n) is 10.00. The summed E-state index contributed by atoms with van der Waals surface area (Å²) in [5.74, 6) is -0.413. The Morgan fingerprint density at radius 2 is 1.88 bits per heavy atom. The van der Waals surface area contributed by atoms with Crippen molar-refractivity contribution in [3.8, 4) is 0 Å². The summed E-state index contributed by atoms with van der Waals surface area (Å²) in [6.07, 6.45) is -0.199. The molecule has 0 aromatic heterocycles. The number of aryl methyl sites for hydroxylation is 1. The smallest absolute Gasteiger partial charge is 0.269 e. The lowest BCUT2D eigenvalue weighted by Gasteiger charge is -2.15. The molecule has 0 aliphatic carbocycles. The monoisotopic (exact) mass is 240 g/mol. The Labute approximate surface area is 101 Å². The number of hydrogen-bond acceptors (Lipinski definition) is 1. The van der Waals surface area contributed by atoms with E-state index in [9.17, 15) is 8.78 Å². The number of rotatable bonds is 6. The maximum atomic E-state index is 12.8. The van der Waals surface area contributed by atoms with Crippen molar-refractivity contribution in [2.45, 2.75) is 26.2 Å². The molecule has 3 heteroatoms. The normalized spacial score (nSPS) is 12.2. The second-order valence-corrected chi connectivity index (χ2v) is 4.06. The summed E-state index contributed by atoms with van der Waals surface area (Å²) in [5, 5.41) is 9.08. The number of benzene rings is 1. The molecule has 0 spiro atoms. The number of aliphatic hydroxyl groups is 1. The van der Waals surface area contributed by atoms with Gasteiger partial charge in [0.1, 0.15) is 0 Å². The first-order valence-corrected chi connectivity index (χ1v) is 5.87. The number of hydrogen-bond donors (Lipinski definition) is 1. The van der Waals surface area contributed by atoms with Crippen LogP contribution in [0.1, 0.15) is 25.3 Å². The molecule has 0 amide bonds. The van der Waals surface area contributed by atoms with Crippen molar-refractivity contribution in [2.75, 3.05) is 6.61 Å². The first-order valence-electron chi connectivity index (χ1n) is 5.87. The van der Waals surface area contributed by atoms with Gasteiger partial charge in [-0.25, -0.2) is 0 Å². The molecule has 0 heterocycles. The Balaban J connectivity index is 2.67. The van der Waals surface area contributed by atoms with Gasteiger partial charge >= 0.3 is 0 Å². The van der Waals surface area contributed by atoms with Gasteiger partial charge < -0.3 is 5.11 Å². The van der Waals surface area contributed by atoms with Crippen molar-refractivity contribution in [3.63, 3.8) is 0 Å². The number of aliphatic hydroxyl groups excluding tert-OH is 1. The first kappa shape index (κ1) is 13.8. The van der Waals surface area contributed by atoms with Crippen LogP contribution in [0.2, 0.25) is 0 Å². The van der Waals surface area contributed by atoms with Gasteiger partial charge in [0.25, 0.3) is 6.08 Å². The zero-order chi connectivity index (χ0) is 12.7. The standard InChI is InChI=1S/C14H18F2O/c1-2-12(10-17)13(14(15)16)9-8-11-6-4-3-5-7-11/h3-7,12,17H,2,8-10H2,1H3/t12-/m0/s1. The molecule has 0 radical (unpaired) electrons. The summed E-state index contributed by atoms with van der Waals surface area (Å²) in [7, 11) is 0. The minimum absolute atomic E-state index is 0.0962. The molecule has 1 atom stereocenters. The van der Waals surface area contributed by atoms with Gasteiger partial charge in [-0.3, -0.25) is 0 Å². The van der Waals surface area contributed by atoms with Crippen molar-refractivity contribution in [2.24, 2.45) is 5.92 Å². The second kappa shape index (κ2) is 7.17. The average molecular weight is 240 g/mol. The third-order valence-electron chi connectivity index (χ3n) is 2.97. The molecule has 1 rings (SSSR count). The van der Waals surface area contributed by atoms with Crippen LogP contribution in [-0.4, -0.2) is 11.7 Å². The van der Waals surface area contributed by atoms with E-state index in [1.54, 1.807) is 0 Å². The molecule has 0 unspecified atom stereocenters. The van der Waals surface area contributed by atoms with Crippen molar-refractivity contribution in [3.05, 3.63) is 47.5 Å². The highest BCUT2D eigenvalue weighted by atomic mass is 19.3. The van der Waals surface area contributed by atoms with Crippen LogP contribution in [0.3, 0.4) is 0 Å². The summed E-state index contributed by atoms with van der Waals surface area (Å²) >= 11 is 0. The summed E-state index contributed by atoms with van der Waals surface area (Å²) in [5.41, 5.74) is 1.14. The van der Waals surface area contributed by atoms with Crippen molar-refractivity contribution in [1.82, 2.24) is 0 Å². The van der Waals surface area contributed by atoms with Crippen LogP contribution in [0.5, 0.6) is 0 Å². The molecule has 0 aliphatic heterocycles. The van der Waals surface area contributed by atoms with E-state index in [0.717, 1.165) is 5.56 Å².